The minimum atomic E-state index is -5.10. The average molecular weight is 738 g/mol. The van der Waals surface area contributed by atoms with Crippen molar-refractivity contribution >= 4 is 16.9 Å². The van der Waals surface area contributed by atoms with Gasteiger partial charge < -0.3 is 29.4 Å². The molecule has 0 amide bonds. The number of halogens is 3. The largest absolute Gasteiger partial charge is 0.459 e. The summed E-state index contributed by atoms with van der Waals surface area (Å²) in [5.41, 5.74) is -1.54. The number of methoxy groups -OCH3 is 1. The van der Waals surface area contributed by atoms with Gasteiger partial charge in [0.2, 0.25) is 0 Å². The highest BCUT2D eigenvalue weighted by atomic mass is 19.4. The number of H-pyrrole nitrogens is 1. The maximum absolute atomic E-state index is 14.8. The number of hydrogen-bond donors (Lipinski definition) is 3. The SMILES string of the molecule is CO[C@@](C(=O)O[C@H]1CC[C@]2(C)[C@@]3(C)c4[nH]c5ccc([C@H](O)C6OC6(C)C)c(CC=C(C)C)c5c4C[C@@H]3CC[C@@]2(O)C1(C)C)(c1ccccc1)C(F)(F)F. The fourth-order valence-corrected chi connectivity index (χ4v) is 11.0. The van der Waals surface area contributed by atoms with Crippen LogP contribution in [0.2, 0.25) is 0 Å². The fraction of sp³-hybridized carbons (Fsp3) is 0.605. The Kier molecular flexibility index (Phi) is 8.74. The number of aliphatic hydroxyl groups excluding tert-OH is 1. The Morgan fingerprint density at radius 2 is 1.70 bits per heavy atom. The summed E-state index contributed by atoms with van der Waals surface area (Å²) in [5.74, 6) is -1.35. The molecule has 8 atom stereocenters. The summed E-state index contributed by atoms with van der Waals surface area (Å²) in [6, 6.07) is 10.9. The van der Waals surface area contributed by atoms with Crippen LogP contribution in [0.1, 0.15) is 115 Å². The molecule has 10 heteroatoms. The third kappa shape index (κ3) is 5.10. The van der Waals surface area contributed by atoms with Crippen molar-refractivity contribution in [2.24, 2.45) is 16.7 Å². The van der Waals surface area contributed by atoms with Crippen molar-refractivity contribution in [3.63, 3.8) is 0 Å². The first-order chi connectivity index (χ1) is 24.6. The summed E-state index contributed by atoms with van der Waals surface area (Å²) in [6.07, 6.45) is -1.78. The highest BCUT2D eigenvalue weighted by Crippen LogP contribution is 2.71. The normalized spacial score (nSPS) is 32.9. The molecule has 2 saturated carbocycles. The van der Waals surface area contributed by atoms with E-state index in [0.717, 1.165) is 41.3 Å². The second-order valence-electron chi connectivity index (χ2n) is 17.8. The molecule has 3 aliphatic carbocycles. The summed E-state index contributed by atoms with van der Waals surface area (Å²) >= 11 is 0. The zero-order valence-corrected chi connectivity index (χ0v) is 32.3. The highest BCUT2D eigenvalue weighted by Gasteiger charge is 2.74. The molecule has 0 spiro atoms. The number of alkyl halides is 3. The number of ether oxygens (including phenoxy) is 3. The molecular formula is C43H54F3NO6. The molecule has 0 radical (unpaired) electrons. The molecule has 4 aliphatic rings. The van der Waals surface area contributed by atoms with Crippen molar-refractivity contribution in [3.8, 4) is 0 Å². The van der Waals surface area contributed by atoms with Gasteiger partial charge in [-0.05, 0) is 94.9 Å². The Bertz CT molecular complexity index is 1960. The third-order valence-electron chi connectivity index (χ3n) is 14.5. The number of allylic oxidation sites excluding steroid dienone is 2. The molecule has 0 bridgehead atoms. The van der Waals surface area contributed by atoms with Gasteiger partial charge in [-0.15, -0.1) is 0 Å². The number of aromatic amines is 1. The van der Waals surface area contributed by atoms with Gasteiger partial charge in [-0.1, -0.05) is 75.7 Å². The van der Waals surface area contributed by atoms with Gasteiger partial charge in [0.05, 0.1) is 11.2 Å². The summed E-state index contributed by atoms with van der Waals surface area (Å²) in [5, 5.41) is 25.8. The van der Waals surface area contributed by atoms with Crippen molar-refractivity contribution in [2.75, 3.05) is 7.11 Å². The first-order valence-electron chi connectivity index (χ1n) is 18.9. The first-order valence-corrected chi connectivity index (χ1v) is 18.9. The fourth-order valence-electron chi connectivity index (χ4n) is 11.0. The number of aromatic nitrogens is 1. The van der Waals surface area contributed by atoms with Crippen LogP contribution in [0.15, 0.2) is 54.1 Å². The van der Waals surface area contributed by atoms with E-state index >= 15 is 0 Å². The molecule has 3 fully saturated rings. The molecule has 53 heavy (non-hydrogen) atoms. The third-order valence-corrected chi connectivity index (χ3v) is 14.5. The van der Waals surface area contributed by atoms with Crippen LogP contribution in [-0.4, -0.2) is 57.9 Å². The molecule has 288 valence electrons. The standard InChI is InChI=1S/C43H54F3NO6/c1-24(2)15-16-27-28(33(48)35-38(5,6)53-35)17-18-30-32(27)29-23-26-19-22-41(50)37(3,4)31(20-21-39(41,7)40(26,8)34(29)47-30)52-36(49)42(51-9,43(44,45)46)25-13-11-10-12-14-25/h10-15,17-18,26,31,33,35,47-48,50H,16,19-23H2,1-9H3/t26-,31-,33-,35?,39+,40+,41+,42+/m0/s1. The lowest BCUT2D eigenvalue weighted by Crippen LogP contribution is -2.73. The highest BCUT2D eigenvalue weighted by molar-refractivity contribution is 5.91. The van der Waals surface area contributed by atoms with E-state index in [-0.39, 0.29) is 24.0 Å². The molecule has 3 N–H and O–H groups in total. The van der Waals surface area contributed by atoms with E-state index < -0.39 is 57.4 Å². The number of carbonyl (C=O) groups excluding carboxylic acids is 1. The van der Waals surface area contributed by atoms with Crippen LogP contribution in [0.4, 0.5) is 13.2 Å². The van der Waals surface area contributed by atoms with E-state index in [2.05, 4.69) is 38.8 Å². The first kappa shape index (κ1) is 38.1. The van der Waals surface area contributed by atoms with E-state index in [1.54, 1.807) is 6.07 Å². The van der Waals surface area contributed by atoms with Crippen LogP contribution >= 0.6 is 0 Å². The zero-order chi connectivity index (χ0) is 38.7. The molecule has 1 unspecified atom stereocenters. The number of aliphatic hydroxyl groups is 2. The maximum atomic E-state index is 14.8. The number of carbonyl (C=O) groups is 1. The van der Waals surface area contributed by atoms with Gasteiger partial charge in [0.15, 0.2) is 0 Å². The number of epoxide rings is 1. The molecule has 7 nitrogen and oxygen atoms in total. The van der Waals surface area contributed by atoms with Crippen molar-refractivity contribution in [1.29, 1.82) is 0 Å². The lowest BCUT2D eigenvalue weighted by molar-refractivity contribution is -0.296. The van der Waals surface area contributed by atoms with E-state index in [1.807, 2.05) is 39.8 Å². The van der Waals surface area contributed by atoms with Gasteiger partial charge in [0, 0.05) is 45.5 Å². The summed E-state index contributed by atoms with van der Waals surface area (Å²) in [4.78, 5) is 17.7. The van der Waals surface area contributed by atoms with Crippen LogP contribution in [0, 0.1) is 16.7 Å². The Balaban J connectivity index is 1.29. The Morgan fingerprint density at radius 1 is 1.04 bits per heavy atom. The van der Waals surface area contributed by atoms with E-state index in [9.17, 15) is 28.2 Å². The van der Waals surface area contributed by atoms with E-state index in [0.29, 0.717) is 25.7 Å². The maximum Gasteiger partial charge on any atom is 0.432 e. The summed E-state index contributed by atoms with van der Waals surface area (Å²) in [6.45, 7) is 16.1. The van der Waals surface area contributed by atoms with Gasteiger partial charge in [0.25, 0.3) is 5.60 Å². The molecule has 1 aromatic heterocycles. The smallest absolute Gasteiger partial charge is 0.432 e. The van der Waals surface area contributed by atoms with Crippen LogP contribution in [0.3, 0.4) is 0 Å². The topological polar surface area (TPSA) is 104 Å². The molecule has 7 rings (SSSR count). The average Bonchev–Trinajstić information content (AvgIpc) is 3.41. The van der Waals surface area contributed by atoms with Gasteiger partial charge in [-0.25, -0.2) is 4.79 Å². The Labute approximate surface area is 310 Å². The molecule has 3 aromatic rings. The van der Waals surface area contributed by atoms with Crippen LogP contribution in [-0.2, 0) is 42.9 Å². The van der Waals surface area contributed by atoms with Crippen LogP contribution in [0.5, 0.6) is 0 Å². The lowest BCUT2D eigenvalue weighted by Gasteiger charge is -2.68. The number of nitrogens with one attached hydrogen (secondary N) is 1. The van der Waals surface area contributed by atoms with Gasteiger partial charge in [0.1, 0.15) is 18.3 Å². The summed E-state index contributed by atoms with van der Waals surface area (Å²) < 4.78 is 61.4. The van der Waals surface area contributed by atoms with E-state index in [4.69, 9.17) is 14.2 Å². The van der Waals surface area contributed by atoms with Crippen molar-refractivity contribution in [3.05, 3.63) is 82.1 Å². The molecular weight excluding hydrogens is 683 g/mol. The van der Waals surface area contributed by atoms with Crippen molar-refractivity contribution < 1.29 is 42.4 Å². The molecule has 1 aliphatic heterocycles. The quantitative estimate of drug-likeness (QED) is 0.122. The van der Waals surface area contributed by atoms with Crippen molar-refractivity contribution in [2.45, 2.75) is 141 Å². The number of hydrogen-bond acceptors (Lipinski definition) is 6. The number of fused-ring (bicyclic) bond motifs is 7. The molecule has 2 aromatic carbocycles. The van der Waals surface area contributed by atoms with Gasteiger partial charge in [-0.2, -0.15) is 13.2 Å². The lowest BCUT2D eigenvalue weighted by atomic mass is 9.38. The van der Waals surface area contributed by atoms with Gasteiger partial charge >= 0.3 is 12.1 Å². The number of benzene rings is 2. The summed E-state index contributed by atoms with van der Waals surface area (Å²) in [7, 11) is 0.869. The molecule has 1 saturated heterocycles. The monoisotopic (exact) mass is 737 g/mol. The Hall–Kier alpha value is -3.18. The van der Waals surface area contributed by atoms with Gasteiger partial charge in [-0.3, -0.25) is 0 Å². The minimum Gasteiger partial charge on any atom is -0.459 e. The second-order valence-corrected chi connectivity index (χ2v) is 17.8. The number of esters is 1. The predicted molar refractivity (Wildman–Crippen MR) is 196 cm³/mol. The predicted octanol–water partition coefficient (Wildman–Crippen LogP) is 8.68. The van der Waals surface area contributed by atoms with Crippen LogP contribution < -0.4 is 0 Å². The van der Waals surface area contributed by atoms with Crippen molar-refractivity contribution in [1.82, 2.24) is 4.98 Å². The second kappa shape index (κ2) is 12.2. The Morgan fingerprint density at radius 3 is 2.28 bits per heavy atom. The number of rotatable bonds is 8. The zero-order valence-electron chi connectivity index (χ0n) is 32.3. The molecule has 2 heterocycles. The van der Waals surface area contributed by atoms with E-state index in [1.165, 1.54) is 35.4 Å². The minimum absolute atomic E-state index is 0.188. The van der Waals surface area contributed by atoms with Crippen LogP contribution in [0.25, 0.3) is 10.9 Å².